The van der Waals surface area contributed by atoms with E-state index in [2.05, 4.69) is 29.2 Å². The molecule has 1 nitrogen and oxygen atoms in total. The Balaban J connectivity index is 1.87. The summed E-state index contributed by atoms with van der Waals surface area (Å²) in [6.07, 6.45) is 3.72. The normalized spacial score (nSPS) is 25.2. The predicted octanol–water partition coefficient (Wildman–Crippen LogP) is 4.46. The van der Waals surface area contributed by atoms with E-state index in [4.69, 9.17) is 0 Å². The van der Waals surface area contributed by atoms with Crippen LogP contribution in [-0.2, 0) is 0 Å². The molecule has 1 fully saturated rings. The molecule has 2 aromatic rings. The zero-order valence-electron chi connectivity index (χ0n) is 11.4. The standard InChI is InChI=1S/C18H18FN/c19-14-9-10-15-16(12-14)18(13-6-2-1-3-7-13)20-11-5-4-8-17(15)20/h1-3,6-7,9-10,12,17-18H,4-5,8,11H2/t17-,18+/m1/s1. The van der Waals surface area contributed by atoms with Crippen LogP contribution in [0.5, 0.6) is 0 Å². The van der Waals surface area contributed by atoms with Gasteiger partial charge in [-0.2, -0.15) is 0 Å². The van der Waals surface area contributed by atoms with E-state index in [9.17, 15) is 4.39 Å². The third kappa shape index (κ3) is 1.79. The highest BCUT2D eigenvalue weighted by Gasteiger charge is 2.40. The van der Waals surface area contributed by atoms with Crippen LogP contribution in [0, 0.1) is 5.82 Å². The minimum absolute atomic E-state index is 0.121. The van der Waals surface area contributed by atoms with Gasteiger partial charge in [-0.15, -0.1) is 0 Å². The van der Waals surface area contributed by atoms with Crippen LogP contribution in [0.3, 0.4) is 0 Å². The van der Waals surface area contributed by atoms with Gasteiger partial charge in [-0.05, 0) is 48.2 Å². The third-order valence-corrected chi connectivity index (χ3v) is 4.69. The van der Waals surface area contributed by atoms with E-state index in [0.29, 0.717) is 6.04 Å². The molecule has 0 N–H and O–H groups in total. The maximum absolute atomic E-state index is 13.7. The Labute approximate surface area is 119 Å². The van der Waals surface area contributed by atoms with Crippen LogP contribution in [-0.4, -0.2) is 11.4 Å². The average molecular weight is 267 g/mol. The molecule has 0 spiro atoms. The Hall–Kier alpha value is -1.67. The summed E-state index contributed by atoms with van der Waals surface area (Å²) in [4.78, 5) is 2.56. The summed E-state index contributed by atoms with van der Waals surface area (Å²) >= 11 is 0. The zero-order chi connectivity index (χ0) is 13.5. The van der Waals surface area contributed by atoms with Gasteiger partial charge in [0.2, 0.25) is 0 Å². The maximum Gasteiger partial charge on any atom is 0.123 e. The van der Waals surface area contributed by atoms with Gasteiger partial charge in [-0.25, -0.2) is 4.39 Å². The summed E-state index contributed by atoms with van der Waals surface area (Å²) in [5.74, 6) is -0.121. The first-order chi connectivity index (χ1) is 9.84. The number of piperidine rings is 1. The van der Waals surface area contributed by atoms with Crippen LogP contribution >= 0.6 is 0 Å². The Kier molecular flexibility index (Phi) is 2.85. The van der Waals surface area contributed by atoms with Crippen LogP contribution in [0.25, 0.3) is 0 Å². The highest BCUT2D eigenvalue weighted by molar-refractivity contribution is 5.44. The van der Waals surface area contributed by atoms with E-state index in [1.165, 1.54) is 36.0 Å². The van der Waals surface area contributed by atoms with E-state index in [1.807, 2.05) is 12.1 Å². The lowest BCUT2D eigenvalue weighted by atomic mass is 9.96. The van der Waals surface area contributed by atoms with Crippen molar-refractivity contribution in [3.05, 3.63) is 71.0 Å². The van der Waals surface area contributed by atoms with Gasteiger partial charge in [-0.1, -0.05) is 42.8 Å². The summed E-state index contributed by atoms with van der Waals surface area (Å²) in [5, 5.41) is 0. The van der Waals surface area contributed by atoms with Crippen molar-refractivity contribution < 1.29 is 4.39 Å². The Morgan fingerprint density at radius 3 is 2.65 bits per heavy atom. The highest BCUT2D eigenvalue weighted by Crippen LogP contribution is 2.49. The molecule has 0 bridgehead atoms. The number of fused-ring (bicyclic) bond motifs is 3. The molecule has 2 aliphatic rings. The fraction of sp³-hybridized carbons (Fsp3) is 0.333. The van der Waals surface area contributed by atoms with Crippen LogP contribution in [0.15, 0.2) is 48.5 Å². The molecule has 2 atom stereocenters. The molecule has 0 radical (unpaired) electrons. The minimum Gasteiger partial charge on any atom is -0.285 e. The zero-order valence-corrected chi connectivity index (χ0v) is 11.4. The second-order valence-electron chi connectivity index (χ2n) is 5.84. The molecule has 2 heteroatoms. The molecule has 2 aliphatic heterocycles. The van der Waals surface area contributed by atoms with Crippen LogP contribution < -0.4 is 0 Å². The second kappa shape index (κ2) is 4.71. The lowest BCUT2D eigenvalue weighted by molar-refractivity contribution is 0.139. The van der Waals surface area contributed by atoms with Gasteiger partial charge in [0.15, 0.2) is 0 Å². The Morgan fingerprint density at radius 2 is 1.80 bits per heavy atom. The summed E-state index contributed by atoms with van der Waals surface area (Å²) in [6.45, 7) is 1.11. The largest absolute Gasteiger partial charge is 0.285 e. The second-order valence-corrected chi connectivity index (χ2v) is 5.84. The molecule has 4 rings (SSSR count). The Bertz CT molecular complexity index is 623. The van der Waals surface area contributed by atoms with Gasteiger partial charge in [0.25, 0.3) is 0 Å². The van der Waals surface area contributed by atoms with Crippen molar-refractivity contribution in [2.24, 2.45) is 0 Å². The molecule has 0 saturated carbocycles. The van der Waals surface area contributed by atoms with Crippen LogP contribution in [0.2, 0.25) is 0 Å². The van der Waals surface area contributed by atoms with E-state index < -0.39 is 0 Å². The number of benzene rings is 2. The minimum atomic E-state index is -0.121. The first-order valence-electron chi connectivity index (χ1n) is 7.44. The maximum atomic E-state index is 13.7. The van der Waals surface area contributed by atoms with Crippen molar-refractivity contribution in [2.75, 3.05) is 6.54 Å². The lowest BCUT2D eigenvalue weighted by Gasteiger charge is -2.34. The molecule has 0 unspecified atom stereocenters. The molecular formula is C18H18FN. The van der Waals surface area contributed by atoms with Gasteiger partial charge in [-0.3, -0.25) is 4.90 Å². The molecule has 2 heterocycles. The third-order valence-electron chi connectivity index (χ3n) is 4.69. The fourth-order valence-electron chi connectivity index (χ4n) is 3.87. The number of rotatable bonds is 1. The van der Waals surface area contributed by atoms with Crippen molar-refractivity contribution >= 4 is 0 Å². The van der Waals surface area contributed by atoms with E-state index in [-0.39, 0.29) is 11.9 Å². The number of hydrogen-bond donors (Lipinski definition) is 0. The topological polar surface area (TPSA) is 3.24 Å². The molecule has 2 aromatic carbocycles. The van der Waals surface area contributed by atoms with Crippen molar-refractivity contribution in [3.63, 3.8) is 0 Å². The molecule has 0 amide bonds. The molecule has 102 valence electrons. The quantitative estimate of drug-likeness (QED) is 0.737. The predicted molar refractivity (Wildman–Crippen MR) is 78.0 cm³/mol. The summed E-state index contributed by atoms with van der Waals surface area (Å²) in [5.41, 5.74) is 3.78. The fourth-order valence-corrected chi connectivity index (χ4v) is 3.87. The smallest absolute Gasteiger partial charge is 0.123 e. The monoisotopic (exact) mass is 267 g/mol. The molecule has 0 aromatic heterocycles. The van der Waals surface area contributed by atoms with Crippen molar-refractivity contribution in [1.82, 2.24) is 4.90 Å². The summed E-state index contributed by atoms with van der Waals surface area (Å²) in [6, 6.07) is 16.6. The Morgan fingerprint density at radius 1 is 0.950 bits per heavy atom. The highest BCUT2D eigenvalue weighted by atomic mass is 19.1. The first-order valence-corrected chi connectivity index (χ1v) is 7.44. The number of nitrogens with zero attached hydrogens (tertiary/aromatic N) is 1. The molecule has 0 aliphatic carbocycles. The van der Waals surface area contributed by atoms with E-state index in [1.54, 1.807) is 12.1 Å². The van der Waals surface area contributed by atoms with E-state index >= 15 is 0 Å². The van der Waals surface area contributed by atoms with Crippen LogP contribution in [0.1, 0.15) is 48.0 Å². The lowest BCUT2D eigenvalue weighted by Crippen LogP contribution is -2.31. The average Bonchev–Trinajstić information content (AvgIpc) is 2.81. The van der Waals surface area contributed by atoms with Gasteiger partial charge in [0.05, 0.1) is 6.04 Å². The SMILES string of the molecule is Fc1ccc2c(c1)[C@H](c1ccccc1)N1CCCC[C@H]21. The summed E-state index contributed by atoms with van der Waals surface area (Å²) < 4.78 is 13.7. The van der Waals surface area contributed by atoms with Gasteiger partial charge < -0.3 is 0 Å². The molecule has 1 saturated heterocycles. The van der Waals surface area contributed by atoms with Gasteiger partial charge in [0, 0.05) is 6.04 Å². The van der Waals surface area contributed by atoms with Gasteiger partial charge >= 0.3 is 0 Å². The summed E-state index contributed by atoms with van der Waals surface area (Å²) in [7, 11) is 0. The van der Waals surface area contributed by atoms with Crippen molar-refractivity contribution in [2.45, 2.75) is 31.3 Å². The first kappa shape index (κ1) is 12.1. The molecule has 20 heavy (non-hydrogen) atoms. The van der Waals surface area contributed by atoms with E-state index in [0.717, 1.165) is 6.54 Å². The van der Waals surface area contributed by atoms with Crippen molar-refractivity contribution in [1.29, 1.82) is 0 Å². The van der Waals surface area contributed by atoms with Crippen molar-refractivity contribution in [3.8, 4) is 0 Å². The van der Waals surface area contributed by atoms with Crippen LogP contribution in [0.4, 0.5) is 4.39 Å². The number of hydrogen-bond acceptors (Lipinski definition) is 1. The molecular weight excluding hydrogens is 249 g/mol. The van der Waals surface area contributed by atoms with Gasteiger partial charge in [0.1, 0.15) is 5.82 Å². The number of halogens is 1.